The lowest BCUT2D eigenvalue weighted by Crippen LogP contribution is -2.00. The zero-order valence-corrected chi connectivity index (χ0v) is 97.8. The Morgan fingerprint density at radius 2 is 0.411 bits per heavy atom. The number of methoxy groups -OCH3 is 11. The Balaban J connectivity index is -0.000000291. The predicted molar refractivity (Wildman–Crippen MR) is 644 cm³/mol. The van der Waals surface area contributed by atoms with E-state index in [2.05, 4.69) is 330 Å². The molecule has 0 aromatic heterocycles. The van der Waals surface area contributed by atoms with Gasteiger partial charge in [-0.05, 0) is 144 Å². The van der Waals surface area contributed by atoms with Gasteiger partial charge in [0, 0.05) is 103 Å². The molecule has 18 rings (SSSR count). The largest absolute Gasteiger partial charge is 0.497 e. The zero-order chi connectivity index (χ0) is 111. The predicted octanol–water partition coefficient (Wildman–Crippen LogP) is 37.1. The average molecular weight is 2010 g/mol. The van der Waals surface area contributed by atoms with Gasteiger partial charge in [0.15, 0.2) is 0 Å². The monoisotopic (exact) mass is 2010 g/mol. The summed E-state index contributed by atoms with van der Waals surface area (Å²) >= 11 is 0. The number of benzene rings is 15. The van der Waals surface area contributed by atoms with Gasteiger partial charge in [0.2, 0.25) is 0 Å². The van der Waals surface area contributed by atoms with Crippen LogP contribution in [0.15, 0.2) is 352 Å². The number of fused-ring (bicyclic) bond motifs is 6. The second kappa shape index (κ2) is 114. The fourth-order valence-electron chi connectivity index (χ4n) is 11.4. The molecule has 0 spiro atoms. The van der Waals surface area contributed by atoms with Gasteiger partial charge in [0.25, 0.3) is 0 Å². The van der Waals surface area contributed by atoms with Gasteiger partial charge in [0.05, 0.1) is 73.7 Å². The summed E-state index contributed by atoms with van der Waals surface area (Å²) in [6.07, 6.45) is 15.0. The minimum atomic E-state index is 0.634. The third-order valence-electron chi connectivity index (χ3n) is 18.2. The molecule has 146 heavy (non-hydrogen) atoms. The number of hydrogen-bond acceptors (Lipinski definition) is 14. The van der Waals surface area contributed by atoms with Gasteiger partial charge in [-0.15, -0.1) is 0 Å². The third kappa shape index (κ3) is 80.7. The highest BCUT2D eigenvalue weighted by molar-refractivity contribution is 5.93. The van der Waals surface area contributed by atoms with Crippen LogP contribution in [0.2, 0.25) is 0 Å². The van der Waals surface area contributed by atoms with Crippen molar-refractivity contribution in [3.05, 3.63) is 369 Å². The molecule has 15 aromatic rings. The van der Waals surface area contributed by atoms with Crippen LogP contribution in [0, 0.1) is 0 Å². The van der Waals surface area contributed by atoms with Crippen molar-refractivity contribution in [1.82, 2.24) is 0 Å². The summed E-state index contributed by atoms with van der Waals surface area (Å²) in [5.74, 6) is 4.26. The smallest absolute Gasteiger partial charge is 0.123 e. The molecule has 0 radical (unpaired) electrons. The molecular weight excluding hydrogens is 1810 g/mol. The molecule has 3 aliphatic heterocycles. The second-order valence-electron chi connectivity index (χ2n) is 30.7. The summed E-state index contributed by atoms with van der Waals surface area (Å²) in [7, 11) is 28.0. The SMILES string of the molecule is CC.CC.CC.CC.CCC.CCC.CCC.CCC1CO1.CCC1CO1.CCC1CO1.CCCCC.CCc1cc(OC)cc2ccccc12.COC.COC.COC.COC.COC.COC.COc1ccc2ccc(OC)c(Cc3c(OC)ccc4ccc(OC)cc34)c2c1.c1ccc2ccccc2c1.c1ccc2ccccc2c1.c1ccc2ccccc2c1.c1ccccc1.c1ccccc1.c1ccccc1. The highest BCUT2D eigenvalue weighted by Crippen LogP contribution is 2.38. The van der Waals surface area contributed by atoms with E-state index < -0.39 is 0 Å². The average Bonchev–Trinajstić information content (AvgIpc) is 1.05. The van der Waals surface area contributed by atoms with E-state index in [1.54, 1.807) is 121 Å². The van der Waals surface area contributed by atoms with E-state index in [1.807, 2.05) is 189 Å². The number of epoxide rings is 3. The van der Waals surface area contributed by atoms with Crippen LogP contribution in [0.1, 0.15) is 213 Å². The van der Waals surface area contributed by atoms with E-state index in [0.717, 1.165) is 87.7 Å². The summed E-state index contributed by atoms with van der Waals surface area (Å²) in [5.41, 5.74) is 3.54. The van der Waals surface area contributed by atoms with Gasteiger partial charge < -0.3 is 66.3 Å². The standard InChI is InChI=1S/C25H24O4.C13H14O.3C10H8.3C6H6.C5H12.3C4H8O.3C3H8.6C2H6O.4C2H6/c1-26-18-9-5-16-7-11-24(28-3)22(20(16)13-18)15-23-21-14-19(27-2)10-6-17(21)8-12-25(23)29-4;1-3-10-8-12(14-2)9-11-6-4-5-7-13(10)11;3*1-2-6-10-8-4-3-7-9(10)5-1;3*1-2-4-6-5-3-1;1-3-5-4-2;3*1-2-4-3-5-4;9*1-3-2;4*1-2/h5-14H,15H2,1-4H3;4-9H,3H2,1-2H3;3*1-8H;3*1-6H;3-5H2,1-2H3;3*4H,2-3H2,1H3;3*3H2,1-2H3;6*1-2H3;4*1-2H3. The van der Waals surface area contributed by atoms with Crippen LogP contribution in [0.5, 0.6) is 28.7 Å². The van der Waals surface area contributed by atoms with Crippen LogP contribution in [-0.2, 0) is 55.5 Å². The number of ether oxygens (including phenoxy) is 14. The van der Waals surface area contributed by atoms with E-state index in [1.165, 1.54) is 106 Å². The molecule has 0 saturated carbocycles. The Hall–Kier alpha value is -11.5. The highest BCUT2D eigenvalue weighted by atomic mass is 16.6. The summed E-state index contributed by atoms with van der Waals surface area (Å²) in [5, 5.41) is 14.9. The molecule has 0 bridgehead atoms. The van der Waals surface area contributed by atoms with Gasteiger partial charge in [-0.25, -0.2) is 0 Å². The molecule has 3 heterocycles. The molecule has 3 saturated heterocycles. The lowest BCUT2D eigenvalue weighted by Gasteiger charge is -2.17. The van der Waals surface area contributed by atoms with Crippen molar-refractivity contribution in [3.8, 4) is 28.7 Å². The summed E-state index contributed by atoms with van der Waals surface area (Å²) < 4.78 is 67.7. The molecule has 3 aliphatic rings. The van der Waals surface area contributed by atoms with Crippen molar-refractivity contribution in [2.75, 3.05) is 141 Å². The minimum Gasteiger partial charge on any atom is -0.497 e. The first-order valence-corrected chi connectivity index (χ1v) is 52.3. The van der Waals surface area contributed by atoms with E-state index in [0.29, 0.717) is 24.7 Å². The Bertz CT molecular complexity index is 4460. The molecular formula is C132H200O14. The van der Waals surface area contributed by atoms with Crippen LogP contribution in [-0.4, -0.2) is 159 Å². The summed E-state index contributed by atoms with van der Waals surface area (Å²) in [6, 6.07) is 119. The highest BCUT2D eigenvalue weighted by Gasteiger charge is 2.20. The van der Waals surface area contributed by atoms with Gasteiger partial charge in [-0.2, -0.15) is 0 Å². The Labute approximate surface area is 890 Å². The molecule has 3 fully saturated rings. The summed E-state index contributed by atoms with van der Waals surface area (Å²) in [6.45, 7) is 44.8. The number of rotatable bonds is 13. The fraction of sp³-hybridized carbons (Fsp3) is 0.409. The second-order valence-corrected chi connectivity index (χ2v) is 30.7. The van der Waals surface area contributed by atoms with Crippen LogP contribution in [0.3, 0.4) is 0 Å². The van der Waals surface area contributed by atoms with Crippen molar-refractivity contribution in [3.63, 3.8) is 0 Å². The summed E-state index contributed by atoms with van der Waals surface area (Å²) in [4.78, 5) is 0. The first-order chi connectivity index (χ1) is 71.4. The lowest BCUT2D eigenvalue weighted by atomic mass is 9.93. The molecule has 15 aromatic carbocycles. The topological polar surface area (TPSA) is 139 Å². The first kappa shape index (κ1) is 147. The fourth-order valence-corrected chi connectivity index (χ4v) is 11.4. The Morgan fingerprint density at radius 1 is 0.212 bits per heavy atom. The van der Waals surface area contributed by atoms with E-state index in [4.69, 9.17) is 37.9 Å². The Kier molecular flexibility index (Phi) is 115. The van der Waals surface area contributed by atoms with Gasteiger partial charge in [0.1, 0.15) is 28.7 Å². The molecule has 0 N–H and O–H groups in total. The normalized spacial score (nSPS) is 11.3. The Morgan fingerprint density at radius 3 is 0.575 bits per heavy atom. The lowest BCUT2D eigenvalue weighted by molar-refractivity contribution is 0.277. The molecule has 14 heteroatoms. The van der Waals surface area contributed by atoms with Crippen molar-refractivity contribution < 1.29 is 66.3 Å². The first-order valence-electron chi connectivity index (χ1n) is 52.3. The number of hydrogen-bond donors (Lipinski definition) is 0. The maximum absolute atomic E-state index is 5.72. The van der Waals surface area contributed by atoms with E-state index in [-0.39, 0.29) is 0 Å². The zero-order valence-electron chi connectivity index (χ0n) is 97.8. The minimum absolute atomic E-state index is 0.634. The third-order valence-corrected chi connectivity index (χ3v) is 18.2. The number of unbranched alkanes of at least 4 members (excludes halogenated alkanes) is 2. The molecule has 812 valence electrons. The van der Waals surface area contributed by atoms with Crippen molar-refractivity contribution in [2.45, 2.75) is 227 Å². The number of aryl methyl sites for hydroxylation is 1. The van der Waals surface area contributed by atoms with Gasteiger partial charge in [-0.3, -0.25) is 0 Å². The van der Waals surface area contributed by atoms with Crippen molar-refractivity contribution >= 4 is 64.6 Å². The van der Waals surface area contributed by atoms with Gasteiger partial charge >= 0.3 is 0 Å². The quantitative estimate of drug-likeness (QED) is 0.101. The maximum atomic E-state index is 5.72. The molecule has 3 atom stereocenters. The molecule has 0 amide bonds. The van der Waals surface area contributed by atoms with E-state index in [9.17, 15) is 0 Å². The van der Waals surface area contributed by atoms with Crippen LogP contribution in [0.4, 0.5) is 0 Å². The molecule has 14 nitrogen and oxygen atoms in total. The van der Waals surface area contributed by atoms with Crippen molar-refractivity contribution in [2.24, 2.45) is 0 Å². The van der Waals surface area contributed by atoms with Crippen LogP contribution in [0.25, 0.3) is 64.6 Å². The van der Waals surface area contributed by atoms with Crippen molar-refractivity contribution in [1.29, 1.82) is 0 Å². The molecule has 3 unspecified atom stereocenters. The maximum Gasteiger partial charge on any atom is 0.123 e. The van der Waals surface area contributed by atoms with Crippen LogP contribution < -0.4 is 23.7 Å². The van der Waals surface area contributed by atoms with Crippen LogP contribution >= 0.6 is 0 Å². The van der Waals surface area contributed by atoms with E-state index >= 15 is 0 Å². The van der Waals surface area contributed by atoms with Gasteiger partial charge in [-0.1, -0.05) is 480 Å². The molecule has 0 aliphatic carbocycles.